The minimum Gasteiger partial charge on any atom is -0.465 e. The molecule has 0 saturated carbocycles. The summed E-state index contributed by atoms with van der Waals surface area (Å²) in [4.78, 5) is 26.6. The van der Waals surface area contributed by atoms with Crippen LogP contribution in [0.1, 0.15) is 15.9 Å². The average molecular weight is 363 g/mol. The first-order valence-corrected chi connectivity index (χ1v) is 8.54. The number of hydrogen-bond donors (Lipinski definition) is 1. The average Bonchev–Trinajstić information content (AvgIpc) is 2.72. The summed E-state index contributed by atoms with van der Waals surface area (Å²) >= 11 is 0. The van der Waals surface area contributed by atoms with Crippen LogP contribution in [0.4, 0.5) is 17.5 Å². The summed E-state index contributed by atoms with van der Waals surface area (Å²) in [5.74, 6) is 0.889. The Bertz CT molecular complexity index is 902. The van der Waals surface area contributed by atoms with Crippen LogP contribution in [0.5, 0.6) is 0 Å². The molecule has 7 nitrogen and oxygen atoms in total. The molecule has 0 radical (unpaired) electrons. The van der Waals surface area contributed by atoms with Gasteiger partial charge < -0.3 is 15.0 Å². The number of nitrogens with one attached hydrogen (secondary N) is 1. The zero-order valence-corrected chi connectivity index (χ0v) is 15.3. The summed E-state index contributed by atoms with van der Waals surface area (Å²) in [5.41, 5.74) is 2.41. The van der Waals surface area contributed by atoms with Gasteiger partial charge in [0, 0.05) is 37.9 Å². The third-order valence-corrected chi connectivity index (χ3v) is 4.06. The predicted octanol–water partition coefficient (Wildman–Crippen LogP) is 3.08. The number of methoxy groups -OCH3 is 1. The molecular formula is C20H21N5O2. The molecule has 7 heteroatoms. The van der Waals surface area contributed by atoms with E-state index in [1.165, 1.54) is 12.7 Å². The highest BCUT2D eigenvalue weighted by atomic mass is 16.5. The largest absolute Gasteiger partial charge is 0.465 e. The van der Waals surface area contributed by atoms with Gasteiger partial charge >= 0.3 is 5.97 Å². The van der Waals surface area contributed by atoms with Crippen molar-refractivity contribution >= 4 is 23.4 Å². The third-order valence-electron chi connectivity index (χ3n) is 4.06. The highest BCUT2D eigenvalue weighted by Crippen LogP contribution is 2.18. The van der Waals surface area contributed by atoms with Gasteiger partial charge in [-0.25, -0.2) is 9.78 Å². The highest BCUT2D eigenvalue weighted by molar-refractivity contribution is 5.90. The van der Waals surface area contributed by atoms with Crippen molar-refractivity contribution in [3.8, 4) is 0 Å². The number of benzene rings is 1. The Kier molecular flexibility index (Phi) is 5.94. The fourth-order valence-corrected chi connectivity index (χ4v) is 2.55. The standard InChI is InChI=1S/C20H21N5O2/c1-25(13-9-15-6-10-21-11-7-15)18-8-12-22-20(24-18)23-17-5-3-4-16(14-17)19(26)27-2/h3-8,10-12,14H,9,13H2,1-2H3,(H,22,23,24). The molecule has 0 amide bonds. The molecule has 1 aromatic carbocycles. The van der Waals surface area contributed by atoms with Crippen molar-refractivity contribution in [1.82, 2.24) is 15.0 Å². The van der Waals surface area contributed by atoms with Crippen molar-refractivity contribution in [3.63, 3.8) is 0 Å². The maximum absolute atomic E-state index is 11.7. The smallest absolute Gasteiger partial charge is 0.337 e. The fourth-order valence-electron chi connectivity index (χ4n) is 2.55. The molecule has 27 heavy (non-hydrogen) atoms. The molecule has 0 bridgehead atoms. The third kappa shape index (κ3) is 5.01. The second kappa shape index (κ2) is 8.75. The molecule has 0 aliphatic carbocycles. The summed E-state index contributed by atoms with van der Waals surface area (Å²) in [7, 11) is 3.35. The molecule has 0 saturated heterocycles. The molecule has 0 fully saturated rings. The van der Waals surface area contributed by atoms with Crippen LogP contribution in [0.2, 0.25) is 0 Å². The number of carbonyl (C=O) groups is 1. The number of ether oxygens (including phenoxy) is 1. The van der Waals surface area contributed by atoms with Crippen molar-refractivity contribution in [1.29, 1.82) is 0 Å². The molecule has 2 heterocycles. The van der Waals surface area contributed by atoms with Gasteiger partial charge in [0.05, 0.1) is 12.7 Å². The van der Waals surface area contributed by atoms with Crippen molar-refractivity contribution in [3.05, 3.63) is 72.2 Å². The lowest BCUT2D eigenvalue weighted by Gasteiger charge is -2.18. The van der Waals surface area contributed by atoms with E-state index in [-0.39, 0.29) is 5.97 Å². The van der Waals surface area contributed by atoms with E-state index in [4.69, 9.17) is 4.74 Å². The van der Waals surface area contributed by atoms with Crippen LogP contribution in [0.15, 0.2) is 61.1 Å². The normalized spacial score (nSPS) is 10.3. The van der Waals surface area contributed by atoms with Crippen molar-refractivity contribution in [2.24, 2.45) is 0 Å². The first-order chi connectivity index (χ1) is 13.2. The lowest BCUT2D eigenvalue weighted by atomic mass is 10.2. The number of likely N-dealkylation sites (N-methyl/N-ethyl adjacent to an activating group) is 1. The van der Waals surface area contributed by atoms with Crippen LogP contribution in [-0.4, -0.2) is 41.6 Å². The molecule has 0 unspecified atom stereocenters. The zero-order chi connectivity index (χ0) is 19.1. The van der Waals surface area contributed by atoms with E-state index in [1.807, 2.05) is 31.3 Å². The number of esters is 1. The number of aromatic nitrogens is 3. The Balaban J connectivity index is 1.67. The summed E-state index contributed by atoms with van der Waals surface area (Å²) in [6, 6.07) is 12.9. The van der Waals surface area contributed by atoms with Crippen LogP contribution in [0, 0.1) is 0 Å². The second-order valence-electron chi connectivity index (χ2n) is 5.96. The van der Waals surface area contributed by atoms with Gasteiger partial charge in [-0.15, -0.1) is 0 Å². The van der Waals surface area contributed by atoms with E-state index >= 15 is 0 Å². The van der Waals surface area contributed by atoms with E-state index in [2.05, 4.69) is 25.2 Å². The predicted molar refractivity (Wildman–Crippen MR) is 104 cm³/mol. The monoisotopic (exact) mass is 363 g/mol. The first kappa shape index (κ1) is 18.3. The van der Waals surface area contributed by atoms with Gasteiger partial charge in [-0.3, -0.25) is 4.98 Å². The van der Waals surface area contributed by atoms with E-state index in [1.54, 1.807) is 36.8 Å². The van der Waals surface area contributed by atoms with Crippen LogP contribution in [0.3, 0.4) is 0 Å². The quantitative estimate of drug-likeness (QED) is 0.646. The topological polar surface area (TPSA) is 80.2 Å². The van der Waals surface area contributed by atoms with Crippen molar-refractivity contribution < 1.29 is 9.53 Å². The lowest BCUT2D eigenvalue weighted by Crippen LogP contribution is -2.21. The van der Waals surface area contributed by atoms with Crippen LogP contribution < -0.4 is 10.2 Å². The number of carbonyl (C=O) groups excluding carboxylic acids is 1. The highest BCUT2D eigenvalue weighted by Gasteiger charge is 2.08. The van der Waals surface area contributed by atoms with Gasteiger partial charge in [-0.2, -0.15) is 4.98 Å². The summed E-state index contributed by atoms with van der Waals surface area (Å²) < 4.78 is 4.75. The Hall–Kier alpha value is -3.48. The minimum atomic E-state index is -0.385. The second-order valence-corrected chi connectivity index (χ2v) is 5.96. The number of anilines is 3. The van der Waals surface area contributed by atoms with Gasteiger partial charge in [0.25, 0.3) is 0 Å². The molecule has 138 valence electrons. The summed E-state index contributed by atoms with van der Waals surface area (Å²) in [6.45, 7) is 0.818. The lowest BCUT2D eigenvalue weighted by molar-refractivity contribution is 0.0601. The van der Waals surface area contributed by atoms with Crippen LogP contribution >= 0.6 is 0 Å². The van der Waals surface area contributed by atoms with Gasteiger partial charge in [0.15, 0.2) is 0 Å². The van der Waals surface area contributed by atoms with Gasteiger partial charge in [0.2, 0.25) is 5.95 Å². The number of nitrogens with zero attached hydrogens (tertiary/aromatic N) is 4. The molecule has 1 N–H and O–H groups in total. The van der Waals surface area contributed by atoms with Crippen LogP contribution in [0.25, 0.3) is 0 Å². The Labute approximate surface area is 158 Å². The first-order valence-electron chi connectivity index (χ1n) is 8.54. The van der Waals surface area contributed by atoms with Crippen LogP contribution in [-0.2, 0) is 11.2 Å². The number of rotatable bonds is 7. The molecular weight excluding hydrogens is 342 g/mol. The Morgan fingerprint density at radius 1 is 1.15 bits per heavy atom. The van der Waals surface area contributed by atoms with Gasteiger partial charge in [-0.05, 0) is 48.4 Å². The molecule has 3 aromatic rings. The van der Waals surface area contributed by atoms with Gasteiger partial charge in [0.1, 0.15) is 5.82 Å². The molecule has 0 spiro atoms. The van der Waals surface area contributed by atoms with E-state index < -0.39 is 0 Å². The zero-order valence-electron chi connectivity index (χ0n) is 15.3. The van der Waals surface area contributed by atoms with E-state index in [0.29, 0.717) is 11.5 Å². The number of pyridine rings is 1. The molecule has 2 aromatic heterocycles. The minimum absolute atomic E-state index is 0.385. The fraction of sp³-hybridized carbons (Fsp3) is 0.200. The SMILES string of the molecule is COC(=O)c1cccc(Nc2nccc(N(C)CCc3ccncc3)n2)c1. The van der Waals surface area contributed by atoms with Crippen molar-refractivity contribution in [2.45, 2.75) is 6.42 Å². The van der Waals surface area contributed by atoms with Gasteiger partial charge in [-0.1, -0.05) is 6.07 Å². The maximum atomic E-state index is 11.7. The molecule has 0 atom stereocenters. The maximum Gasteiger partial charge on any atom is 0.337 e. The summed E-state index contributed by atoms with van der Waals surface area (Å²) in [6.07, 6.45) is 6.19. The summed E-state index contributed by atoms with van der Waals surface area (Å²) in [5, 5.41) is 3.13. The Morgan fingerprint density at radius 2 is 1.96 bits per heavy atom. The Morgan fingerprint density at radius 3 is 2.74 bits per heavy atom. The molecule has 0 aliphatic rings. The molecule has 0 aliphatic heterocycles. The molecule has 3 rings (SSSR count). The number of hydrogen-bond acceptors (Lipinski definition) is 7. The van der Waals surface area contributed by atoms with Crippen molar-refractivity contribution in [2.75, 3.05) is 30.9 Å². The van der Waals surface area contributed by atoms with E-state index in [0.717, 1.165) is 24.5 Å². The van der Waals surface area contributed by atoms with E-state index in [9.17, 15) is 4.79 Å².